The highest BCUT2D eigenvalue weighted by molar-refractivity contribution is 6.08. The third-order valence-electron chi connectivity index (χ3n) is 6.98. The van der Waals surface area contributed by atoms with Crippen molar-refractivity contribution >= 4 is 22.5 Å². The lowest BCUT2D eigenvalue weighted by molar-refractivity contribution is -0.118. The number of aryl methyl sites for hydroxylation is 2. The smallest absolute Gasteiger partial charge is 0.235 e. The van der Waals surface area contributed by atoms with E-state index in [0.29, 0.717) is 24.5 Å². The Balaban J connectivity index is 1.39. The van der Waals surface area contributed by atoms with E-state index < -0.39 is 5.41 Å². The maximum atomic E-state index is 13.8. The molecule has 4 aromatic rings. The first-order chi connectivity index (χ1) is 16.9. The van der Waals surface area contributed by atoms with Gasteiger partial charge in [-0.1, -0.05) is 50.3 Å². The van der Waals surface area contributed by atoms with Crippen molar-refractivity contribution in [3.8, 4) is 11.5 Å². The maximum absolute atomic E-state index is 13.8. The van der Waals surface area contributed by atoms with E-state index in [1.807, 2.05) is 30.3 Å². The third-order valence-corrected chi connectivity index (χ3v) is 6.98. The van der Waals surface area contributed by atoms with Crippen LogP contribution in [0.5, 0.6) is 11.5 Å². The minimum Gasteiger partial charge on any atom is -0.454 e. The van der Waals surface area contributed by atoms with Crippen LogP contribution in [-0.4, -0.2) is 37.9 Å². The van der Waals surface area contributed by atoms with Crippen molar-refractivity contribution in [3.05, 3.63) is 59.5 Å². The molecule has 1 fully saturated rings. The summed E-state index contributed by atoms with van der Waals surface area (Å²) in [5.41, 5.74) is 3.23. The molecule has 0 unspecified atom stereocenters. The van der Waals surface area contributed by atoms with Crippen LogP contribution in [0.1, 0.15) is 50.7 Å². The molecule has 9 nitrogen and oxygen atoms in total. The number of tetrazole rings is 1. The number of H-pyrrole nitrogens is 1. The van der Waals surface area contributed by atoms with Crippen molar-refractivity contribution in [2.45, 2.75) is 57.4 Å². The predicted octanol–water partition coefficient (Wildman–Crippen LogP) is 4.09. The number of fused-ring (bicyclic) bond motifs is 2. The highest BCUT2D eigenvalue weighted by atomic mass is 16.7. The molecule has 0 spiro atoms. The number of para-hydroxylation sites is 1. The van der Waals surface area contributed by atoms with Gasteiger partial charge in [-0.05, 0) is 36.6 Å². The number of anilines is 1. The Kier molecular flexibility index (Phi) is 4.84. The van der Waals surface area contributed by atoms with Gasteiger partial charge in [0.05, 0.1) is 16.6 Å². The van der Waals surface area contributed by atoms with Gasteiger partial charge in [0.2, 0.25) is 12.7 Å². The fraction of sp³-hybridized carbons (Fsp3) is 0.385. The number of amides is 1. The number of aromatic amines is 1. The molecule has 2 aromatic heterocycles. The standard InChI is InChI=1S/C26H28N6O3/c1-25(2,3)23-22(17-6-4-5-7-18(17)32(23)13-10-21-28-30-31-29-21)27-24(33)26(11-12-26)16-8-9-19-20(14-16)35-15-34-19/h4-9,14H,10-13,15H2,1-3H3,(H,27,33)(H,28,29,30,31). The Morgan fingerprint density at radius 1 is 1.14 bits per heavy atom. The Labute approximate surface area is 202 Å². The van der Waals surface area contributed by atoms with Crippen LogP contribution >= 0.6 is 0 Å². The van der Waals surface area contributed by atoms with Crippen LogP contribution in [0.2, 0.25) is 0 Å². The van der Waals surface area contributed by atoms with Gasteiger partial charge >= 0.3 is 0 Å². The van der Waals surface area contributed by atoms with E-state index in [1.165, 1.54) is 0 Å². The fourth-order valence-electron chi connectivity index (χ4n) is 5.14. The van der Waals surface area contributed by atoms with Gasteiger partial charge in [0.25, 0.3) is 0 Å². The van der Waals surface area contributed by atoms with Crippen LogP contribution in [0.25, 0.3) is 10.9 Å². The topological polar surface area (TPSA) is 107 Å². The summed E-state index contributed by atoms with van der Waals surface area (Å²) >= 11 is 0. The van der Waals surface area contributed by atoms with Gasteiger partial charge < -0.3 is 19.4 Å². The van der Waals surface area contributed by atoms with Gasteiger partial charge in [0.15, 0.2) is 17.3 Å². The highest BCUT2D eigenvalue weighted by Crippen LogP contribution is 2.52. The van der Waals surface area contributed by atoms with Crippen LogP contribution in [-0.2, 0) is 28.6 Å². The second-order valence-electron chi connectivity index (χ2n) is 10.3. The summed E-state index contributed by atoms with van der Waals surface area (Å²) in [6, 6.07) is 14.0. The van der Waals surface area contributed by atoms with Crippen molar-refractivity contribution in [1.82, 2.24) is 25.2 Å². The van der Waals surface area contributed by atoms with Crippen molar-refractivity contribution in [2.75, 3.05) is 12.1 Å². The molecule has 35 heavy (non-hydrogen) atoms. The summed E-state index contributed by atoms with van der Waals surface area (Å²) < 4.78 is 13.3. The molecule has 3 heterocycles. The van der Waals surface area contributed by atoms with E-state index in [2.05, 4.69) is 63.4 Å². The Hall–Kier alpha value is -3.88. The molecular weight excluding hydrogens is 444 g/mol. The van der Waals surface area contributed by atoms with Crippen molar-refractivity contribution in [2.24, 2.45) is 0 Å². The lowest BCUT2D eigenvalue weighted by Gasteiger charge is -2.25. The Bertz CT molecular complexity index is 1410. The molecule has 1 saturated carbocycles. The molecular formula is C26H28N6O3. The quantitative estimate of drug-likeness (QED) is 0.438. The summed E-state index contributed by atoms with van der Waals surface area (Å²) in [4.78, 5) is 13.8. The Morgan fingerprint density at radius 2 is 1.94 bits per heavy atom. The van der Waals surface area contributed by atoms with Crippen molar-refractivity contribution < 1.29 is 14.3 Å². The largest absolute Gasteiger partial charge is 0.454 e. The normalized spacial score (nSPS) is 16.0. The molecule has 9 heteroatoms. The van der Waals surface area contributed by atoms with Crippen LogP contribution in [0, 0.1) is 0 Å². The van der Waals surface area contributed by atoms with Crippen molar-refractivity contribution in [3.63, 3.8) is 0 Å². The van der Waals surface area contributed by atoms with Gasteiger partial charge in [-0.2, -0.15) is 5.21 Å². The van der Waals surface area contributed by atoms with E-state index in [9.17, 15) is 4.79 Å². The van der Waals surface area contributed by atoms with E-state index >= 15 is 0 Å². The van der Waals surface area contributed by atoms with Crippen molar-refractivity contribution in [1.29, 1.82) is 0 Å². The Morgan fingerprint density at radius 3 is 2.69 bits per heavy atom. The molecule has 0 saturated heterocycles. The van der Waals surface area contributed by atoms with Gasteiger partial charge in [0, 0.05) is 29.5 Å². The van der Waals surface area contributed by atoms with Gasteiger partial charge in [-0.3, -0.25) is 4.79 Å². The number of aromatic nitrogens is 5. The van der Waals surface area contributed by atoms with Gasteiger partial charge in [0.1, 0.15) is 0 Å². The maximum Gasteiger partial charge on any atom is 0.235 e. The van der Waals surface area contributed by atoms with E-state index in [0.717, 1.165) is 46.4 Å². The number of hydrogen-bond donors (Lipinski definition) is 2. The number of nitrogens with zero attached hydrogens (tertiary/aromatic N) is 4. The van der Waals surface area contributed by atoms with E-state index in [-0.39, 0.29) is 18.1 Å². The molecule has 1 amide bonds. The number of ether oxygens (including phenoxy) is 2. The van der Waals surface area contributed by atoms with Crippen LogP contribution in [0.3, 0.4) is 0 Å². The fourth-order valence-corrected chi connectivity index (χ4v) is 5.14. The average molecular weight is 473 g/mol. The second-order valence-corrected chi connectivity index (χ2v) is 10.3. The number of hydrogen-bond acceptors (Lipinski definition) is 6. The summed E-state index contributed by atoms with van der Waals surface area (Å²) in [5.74, 6) is 2.11. The molecule has 0 radical (unpaired) electrons. The molecule has 6 rings (SSSR count). The lowest BCUT2D eigenvalue weighted by atomic mass is 9.89. The summed E-state index contributed by atoms with van der Waals surface area (Å²) in [6.07, 6.45) is 2.24. The minimum atomic E-state index is -0.552. The zero-order valence-electron chi connectivity index (χ0n) is 20.1. The summed E-state index contributed by atoms with van der Waals surface area (Å²) in [7, 11) is 0. The zero-order valence-corrected chi connectivity index (χ0v) is 20.1. The monoisotopic (exact) mass is 472 g/mol. The minimum absolute atomic E-state index is 0.0166. The van der Waals surface area contributed by atoms with E-state index in [4.69, 9.17) is 9.47 Å². The van der Waals surface area contributed by atoms with Crippen LogP contribution in [0.15, 0.2) is 42.5 Å². The molecule has 1 aliphatic heterocycles. The summed E-state index contributed by atoms with van der Waals surface area (Å²) in [6.45, 7) is 7.41. The SMILES string of the molecule is CC(C)(C)c1c(NC(=O)C2(c3ccc4c(c3)OCO4)CC2)c2ccccc2n1CCc1nn[nH]n1. The number of rotatable bonds is 6. The van der Waals surface area contributed by atoms with Crippen LogP contribution in [0.4, 0.5) is 5.69 Å². The molecule has 2 N–H and O–H groups in total. The molecule has 0 atom stereocenters. The third kappa shape index (κ3) is 3.62. The molecule has 2 aromatic carbocycles. The second kappa shape index (κ2) is 7.83. The van der Waals surface area contributed by atoms with Gasteiger partial charge in [-0.15, -0.1) is 10.2 Å². The molecule has 2 aliphatic rings. The zero-order chi connectivity index (χ0) is 24.2. The lowest BCUT2D eigenvalue weighted by Crippen LogP contribution is -2.29. The van der Waals surface area contributed by atoms with Crippen LogP contribution < -0.4 is 14.8 Å². The first-order valence-electron chi connectivity index (χ1n) is 11.9. The first-order valence-corrected chi connectivity index (χ1v) is 11.9. The summed E-state index contributed by atoms with van der Waals surface area (Å²) in [5, 5.41) is 18.8. The number of carbonyl (C=O) groups excluding carboxylic acids is 1. The predicted molar refractivity (Wildman–Crippen MR) is 131 cm³/mol. The number of carbonyl (C=O) groups is 1. The first kappa shape index (κ1) is 21.6. The van der Waals surface area contributed by atoms with E-state index in [1.54, 1.807) is 0 Å². The average Bonchev–Trinajstić information content (AvgIpc) is 3.17. The highest BCUT2D eigenvalue weighted by Gasteiger charge is 2.52. The molecule has 0 bridgehead atoms. The number of benzene rings is 2. The van der Waals surface area contributed by atoms with Gasteiger partial charge in [-0.25, -0.2) is 0 Å². The molecule has 180 valence electrons. The molecule has 1 aliphatic carbocycles. The number of nitrogens with one attached hydrogen (secondary N) is 2.